The first-order chi connectivity index (χ1) is 11.6. The molecule has 1 aromatic carbocycles. The van der Waals surface area contributed by atoms with Gasteiger partial charge in [0.2, 0.25) is 5.91 Å². The third-order valence-electron chi connectivity index (χ3n) is 3.79. The second-order valence-electron chi connectivity index (χ2n) is 5.50. The van der Waals surface area contributed by atoms with E-state index in [0.717, 1.165) is 11.3 Å². The number of carbonyl (C=O) groups is 1. The van der Waals surface area contributed by atoms with E-state index in [1.807, 2.05) is 43.5 Å². The van der Waals surface area contributed by atoms with Crippen molar-refractivity contribution in [1.82, 2.24) is 35.3 Å². The summed E-state index contributed by atoms with van der Waals surface area (Å²) < 4.78 is 3.41. The summed E-state index contributed by atoms with van der Waals surface area (Å²) in [6.45, 7) is 4.22. The standard InChI is InChI=1S/C16H19N7O/c1-12(18-16(24)8-11-22-13(2)19-20-21-22)14-6-3-4-7-15(14)23-10-5-9-17-23/h3-7,9-10,12H,8,11H2,1-2H3,(H,18,24)/t12-/m1/s1. The highest BCUT2D eigenvalue weighted by atomic mass is 16.1. The summed E-state index contributed by atoms with van der Waals surface area (Å²) in [6.07, 6.45) is 3.93. The van der Waals surface area contributed by atoms with Gasteiger partial charge in [-0.05, 0) is 42.0 Å². The fourth-order valence-corrected chi connectivity index (χ4v) is 2.53. The maximum Gasteiger partial charge on any atom is 0.222 e. The molecule has 1 amide bonds. The van der Waals surface area contributed by atoms with Crippen molar-refractivity contribution in [2.45, 2.75) is 32.9 Å². The van der Waals surface area contributed by atoms with Crippen LogP contribution in [0.15, 0.2) is 42.7 Å². The Bertz CT molecular complexity index is 809. The first-order valence-electron chi connectivity index (χ1n) is 7.76. The molecule has 3 rings (SSSR count). The fourth-order valence-electron chi connectivity index (χ4n) is 2.53. The molecule has 0 aliphatic rings. The third kappa shape index (κ3) is 3.48. The van der Waals surface area contributed by atoms with Crippen molar-refractivity contribution in [2.24, 2.45) is 0 Å². The minimum atomic E-state index is -0.132. The van der Waals surface area contributed by atoms with Crippen LogP contribution in [0.2, 0.25) is 0 Å². The van der Waals surface area contributed by atoms with Gasteiger partial charge in [-0.3, -0.25) is 4.79 Å². The van der Waals surface area contributed by atoms with Crippen LogP contribution in [0.5, 0.6) is 0 Å². The molecule has 0 aliphatic heterocycles. The van der Waals surface area contributed by atoms with Crippen LogP contribution in [-0.4, -0.2) is 35.9 Å². The number of nitrogens with one attached hydrogen (secondary N) is 1. The molecule has 1 atom stereocenters. The number of para-hydroxylation sites is 1. The molecule has 2 aromatic heterocycles. The Labute approximate surface area is 139 Å². The predicted octanol–water partition coefficient (Wildman–Crippen LogP) is 1.43. The minimum absolute atomic E-state index is 0.0485. The van der Waals surface area contributed by atoms with Gasteiger partial charge < -0.3 is 5.32 Å². The molecule has 2 heterocycles. The average Bonchev–Trinajstić information content (AvgIpc) is 3.24. The van der Waals surface area contributed by atoms with Crippen LogP contribution in [-0.2, 0) is 11.3 Å². The second-order valence-corrected chi connectivity index (χ2v) is 5.50. The van der Waals surface area contributed by atoms with E-state index >= 15 is 0 Å². The lowest BCUT2D eigenvalue weighted by Gasteiger charge is -2.18. The fraction of sp³-hybridized carbons (Fsp3) is 0.312. The van der Waals surface area contributed by atoms with Gasteiger partial charge in [0.15, 0.2) is 0 Å². The number of nitrogens with zero attached hydrogens (tertiary/aromatic N) is 6. The second kappa shape index (κ2) is 7.03. The van der Waals surface area contributed by atoms with Crippen LogP contribution in [0.25, 0.3) is 5.69 Å². The largest absolute Gasteiger partial charge is 0.349 e. The van der Waals surface area contributed by atoms with E-state index in [1.165, 1.54) is 0 Å². The Morgan fingerprint density at radius 2 is 2.12 bits per heavy atom. The van der Waals surface area contributed by atoms with Gasteiger partial charge in [-0.2, -0.15) is 5.10 Å². The Hall–Kier alpha value is -3.03. The van der Waals surface area contributed by atoms with E-state index in [1.54, 1.807) is 22.5 Å². The molecule has 0 spiro atoms. The number of aryl methyl sites for hydroxylation is 2. The lowest BCUT2D eigenvalue weighted by atomic mass is 10.1. The van der Waals surface area contributed by atoms with Crippen LogP contribution in [0.3, 0.4) is 0 Å². The van der Waals surface area contributed by atoms with Crippen LogP contribution >= 0.6 is 0 Å². The number of hydrogen-bond acceptors (Lipinski definition) is 5. The van der Waals surface area contributed by atoms with Crippen molar-refractivity contribution in [2.75, 3.05) is 0 Å². The van der Waals surface area contributed by atoms with Gasteiger partial charge >= 0.3 is 0 Å². The normalized spacial score (nSPS) is 12.1. The molecule has 0 bridgehead atoms. The molecule has 0 fully saturated rings. The van der Waals surface area contributed by atoms with Crippen molar-refractivity contribution in [1.29, 1.82) is 0 Å². The average molecular weight is 325 g/mol. The maximum absolute atomic E-state index is 12.2. The molecule has 8 heteroatoms. The molecule has 3 aromatic rings. The molecule has 0 unspecified atom stereocenters. The van der Waals surface area contributed by atoms with Gasteiger partial charge in [0, 0.05) is 18.8 Å². The smallest absolute Gasteiger partial charge is 0.222 e. The van der Waals surface area contributed by atoms with Crippen molar-refractivity contribution in [3.05, 3.63) is 54.1 Å². The summed E-state index contributed by atoms with van der Waals surface area (Å²) in [6, 6.07) is 9.62. The Kier molecular flexibility index (Phi) is 4.64. The van der Waals surface area contributed by atoms with Crippen molar-refractivity contribution in [3.63, 3.8) is 0 Å². The Morgan fingerprint density at radius 3 is 2.83 bits per heavy atom. The van der Waals surface area contributed by atoms with E-state index in [-0.39, 0.29) is 11.9 Å². The summed E-state index contributed by atoms with van der Waals surface area (Å²) in [5.41, 5.74) is 1.96. The predicted molar refractivity (Wildman–Crippen MR) is 87.3 cm³/mol. The Balaban J connectivity index is 1.66. The molecular weight excluding hydrogens is 306 g/mol. The highest BCUT2D eigenvalue weighted by Crippen LogP contribution is 2.21. The number of hydrogen-bond donors (Lipinski definition) is 1. The van der Waals surface area contributed by atoms with E-state index in [9.17, 15) is 4.79 Å². The number of tetrazole rings is 1. The topological polar surface area (TPSA) is 90.5 Å². The maximum atomic E-state index is 12.2. The summed E-state index contributed by atoms with van der Waals surface area (Å²) in [7, 11) is 0. The zero-order valence-corrected chi connectivity index (χ0v) is 13.6. The van der Waals surface area contributed by atoms with Gasteiger partial charge in [0.1, 0.15) is 5.82 Å². The highest BCUT2D eigenvalue weighted by Gasteiger charge is 2.14. The lowest BCUT2D eigenvalue weighted by Crippen LogP contribution is -2.28. The van der Waals surface area contributed by atoms with Crippen molar-refractivity contribution >= 4 is 5.91 Å². The van der Waals surface area contributed by atoms with Crippen LogP contribution in [0, 0.1) is 6.92 Å². The Morgan fingerprint density at radius 1 is 1.29 bits per heavy atom. The molecule has 0 saturated carbocycles. The van der Waals surface area contributed by atoms with E-state index in [4.69, 9.17) is 0 Å². The molecule has 0 saturated heterocycles. The first kappa shape index (κ1) is 15.9. The minimum Gasteiger partial charge on any atom is -0.349 e. The summed E-state index contributed by atoms with van der Waals surface area (Å²) in [5.74, 6) is 0.646. The molecule has 1 N–H and O–H groups in total. The van der Waals surface area contributed by atoms with Crippen LogP contribution < -0.4 is 5.32 Å². The van der Waals surface area contributed by atoms with Gasteiger partial charge in [0.05, 0.1) is 18.3 Å². The quantitative estimate of drug-likeness (QED) is 0.740. The molecule has 8 nitrogen and oxygen atoms in total. The van der Waals surface area contributed by atoms with Gasteiger partial charge in [-0.1, -0.05) is 18.2 Å². The lowest BCUT2D eigenvalue weighted by molar-refractivity contribution is -0.122. The number of rotatable bonds is 6. The number of aromatic nitrogens is 6. The molecule has 124 valence electrons. The SMILES string of the molecule is Cc1nnnn1CCC(=O)N[C@H](C)c1ccccc1-n1cccn1. The monoisotopic (exact) mass is 325 g/mol. The number of amides is 1. The molecule has 24 heavy (non-hydrogen) atoms. The first-order valence-corrected chi connectivity index (χ1v) is 7.76. The van der Waals surface area contributed by atoms with E-state index in [0.29, 0.717) is 18.8 Å². The van der Waals surface area contributed by atoms with Crippen LogP contribution in [0.1, 0.15) is 30.8 Å². The van der Waals surface area contributed by atoms with Crippen molar-refractivity contribution in [3.8, 4) is 5.69 Å². The summed E-state index contributed by atoms with van der Waals surface area (Å²) in [5, 5.41) is 18.5. The van der Waals surface area contributed by atoms with Gasteiger partial charge in [-0.15, -0.1) is 5.10 Å². The van der Waals surface area contributed by atoms with Crippen molar-refractivity contribution < 1.29 is 4.79 Å². The van der Waals surface area contributed by atoms with E-state index in [2.05, 4.69) is 25.9 Å². The van der Waals surface area contributed by atoms with Gasteiger partial charge in [-0.25, -0.2) is 9.36 Å². The molecule has 0 radical (unpaired) electrons. The van der Waals surface area contributed by atoms with Crippen LogP contribution in [0.4, 0.5) is 0 Å². The summed E-state index contributed by atoms with van der Waals surface area (Å²) in [4.78, 5) is 12.2. The zero-order valence-electron chi connectivity index (χ0n) is 13.6. The van der Waals surface area contributed by atoms with Gasteiger partial charge in [0.25, 0.3) is 0 Å². The highest BCUT2D eigenvalue weighted by molar-refractivity contribution is 5.76. The molecule has 0 aliphatic carbocycles. The summed E-state index contributed by atoms with van der Waals surface area (Å²) >= 11 is 0. The number of benzene rings is 1. The molecular formula is C16H19N7O. The van der Waals surface area contributed by atoms with E-state index < -0.39 is 0 Å². The zero-order chi connectivity index (χ0) is 16.9. The third-order valence-corrected chi connectivity index (χ3v) is 3.79. The number of carbonyl (C=O) groups excluding carboxylic acids is 1.